The highest BCUT2D eigenvalue weighted by Gasteiger charge is 2.55. The van der Waals surface area contributed by atoms with Crippen molar-refractivity contribution in [3.8, 4) is 0 Å². The maximum atomic E-state index is 13.2. The van der Waals surface area contributed by atoms with Crippen LogP contribution in [0.4, 0.5) is 0 Å². The topological polar surface area (TPSA) is 68.2 Å². The molecule has 1 N–H and O–H groups in total. The third-order valence-corrected chi connectivity index (χ3v) is 5.78. The van der Waals surface area contributed by atoms with Gasteiger partial charge in [-0.1, -0.05) is 29.3 Å². The van der Waals surface area contributed by atoms with Crippen LogP contribution >= 0.6 is 23.2 Å². The minimum absolute atomic E-state index is 0.0252. The van der Waals surface area contributed by atoms with Crippen LogP contribution in [0.15, 0.2) is 24.0 Å². The van der Waals surface area contributed by atoms with Gasteiger partial charge < -0.3 is 14.6 Å². The van der Waals surface area contributed by atoms with E-state index in [1.54, 1.807) is 25.3 Å². The summed E-state index contributed by atoms with van der Waals surface area (Å²) < 4.78 is 10.7. The number of amides is 1. The first kappa shape index (κ1) is 20.4. The average Bonchev–Trinajstić information content (AvgIpc) is 2.84. The molecule has 6 nitrogen and oxygen atoms in total. The number of methoxy groups -OCH3 is 1. The van der Waals surface area contributed by atoms with Crippen LogP contribution in [0.2, 0.25) is 10.0 Å². The van der Waals surface area contributed by atoms with E-state index in [1.807, 2.05) is 6.92 Å². The fourth-order valence-corrected chi connectivity index (χ4v) is 4.26. The molecule has 2 aliphatic rings. The van der Waals surface area contributed by atoms with Crippen molar-refractivity contribution in [1.82, 2.24) is 5.06 Å². The van der Waals surface area contributed by atoms with Gasteiger partial charge in [0.1, 0.15) is 11.3 Å². The Kier molecular flexibility index (Phi) is 6.33. The number of halogens is 2. The van der Waals surface area contributed by atoms with Crippen LogP contribution in [0.25, 0.3) is 5.57 Å². The van der Waals surface area contributed by atoms with Crippen molar-refractivity contribution in [1.29, 1.82) is 0 Å². The van der Waals surface area contributed by atoms with E-state index in [0.29, 0.717) is 47.9 Å². The van der Waals surface area contributed by atoms with Crippen LogP contribution in [0.5, 0.6) is 0 Å². The summed E-state index contributed by atoms with van der Waals surface area (Å²) in [6, 6.07) is 4.81. The quantitative estimate of drug-likeness (QED) is 0.552. The molecular weight excluding hydrogens is 393 g/mol. The molecule has 8 heteroatoms. The Bertz CT molecular complexity index is 744. The van der Waals surface area contributed by atoms with E-state index < -0.39 is 11.4 Å². The third kappa shape index (κ3) is 3.69. The molecule has 0 unspecified atom stereocenters. The number of rotatable bonds is 6. The largest absolute Gasteiger partial charge is 0.509 e. The highest BCUT2D eigenvalue weighted by molar-refractivity contribution is 6.37. The van der Waals surface area contributed by atoms with Crippen molar-refractivity contribution in [2.75, 3.05) is 20.5 Å². The van der Waals surface area contributed by atoms with E-state index in [4.69, 9.17) is 37.5 Å². The average molecular weight is 416 g/mol. The van der Waals surface area contributed by atoms with Gasteiger partial charge in [-0.15, -0.1) is 0 Å². The van der Waals surface area contributed by atoms with Crippen LogP contribution in [0.1, 0.15) is 38.2 Å². The highest BCUT2D eigenvalue weighted by Crippen LogP contribution is 2.48. The van der Waals surface area contributed by atoms with E-state index in [0.717, 1.165) is 0 Å². The van der Waals surface area contributed by atoms with Crippen LogP contribution in [-0.4, -0.2) is 48.2 Å². The van der Waals surface area contributed by atoms with Gasteiger partial charge in [-0.25, -0.2) is 9.90 Å². The lowest BCUT2D eigenvalue weighted by atomic mass is 9.79. The van der Waals surface area contributed by atoms with E-state index in [1.165, 1.54) is 5.06 Å². The normalized spacial score (nSPS) is 25.7. The molecule has 1 fully saturated rings. The maximum Gasteiger partial charge on any atom is 0.282 e. The zero-order chi connectivity index (χ0) is 19.6. The van der Waals surface area contributed by atoms with Crippen molar-refractivity contribution < 1.29 is 24.2 Å². The van der Waals surface area contributed by atoms with Gasteiger partial charge in [0, 0.05) is 24.3 Å². The molecule has 1 amide bonds. The van der Waals surface area contributed by atoms with E-state index >= 15 is 0 Å². The van der Waals surface area contributed by atoms with Crippen molar-refractivity contribution in [2.24, 2.45) is 0 Å². The standard InChI is InChI=1S/C19H23Cl2NO5/c1-3-26-11-27-22-18(24)16(14-5-4-12(20)10-15(14)21)17(23)19(22)8-6-13(25-2)7-9-19/h4-5,10,13,23H,3,6-9,11H2,1-2H3. The lowest BCUT2D eigenvalue weighted by molar-refractivity contribution is -0.254. The Morgan fingerprint density at radius 2 is 2.00 bits per heavy atom. The van der Waals surface area contributed by atoms with Gasteiger partial charge >= 0.3 is 0 Å². The predicted molar refractivity (Wildman–Crippen MR) is 102 cm³/mol. The maximum absolute atomic E-state index is 13.2. The molecule has 0 saturated heterocycles. The second-order valence-electron chi connectivity index (χ2n) is 6.65. The number of hydrogen-bond donors (Lipinski definition) is 1. The molecule has 0 radical (unpaired) electrons. The second kappa shape index (κ2) is 8.37. The number of aliphatic hydroxyl groups is 1. The van der Waals surface area contributed by atoms with Crippen LogP contribution in [0, 0.1) is 0 Å². The van der Waals surface area contributed by atoms with Crippen molar-refractivity contribution >= 4 is 34.7 Å². The first-order valence-electron chi connectivity index (χ1n) is 8.91. The van der Waals surface area contributed by atoms with Crippen LogP contribution in [-0.2, 0) is 19.1 Å². The van der Waals surface area contributed by atoms with E-state index in [-0.39, 0.29) is 24.2 Å². The number of benzene rings is 1. The molecule has 3 rings (SSSR count). The fourth-order valence-electron chi connectivity index (χ4n) is 3.76. The Morgan fingerprint density at radius 1 is 1.30 bits per heavy atom. The zero-order valence-corrected chi connectivity index (χ0v) is 16.8. The molecule has 1 aliphatic heterocycles. The Morgan fingerprint density at radius 3 is 2.59 bits per heavy atom. The van der Waals surface area contributed by atoms with E-state index in [9.17, 15) is 9.90 Å². The molecule has 1 spiro atoms. The molecular formula is C19H23Cl2NO5. The van der Waals surface area contributed by atoms with Crippen molar-refractivity contribution in [3.63, 3.8) is 0 Å². The smallest absolute Gasteiger partial charge is 0.282 e. The van der Waals surface area contributed by atoms with Crippen LogP contribution < -0.4 is 0 Å². The summed E-state index contributed by atoms with van der Waals surface area (Å²) in [5.74, 6) is -0.463. The number of aliphatic hydroxyl groups excluding tert-OH is 1. The summed E-state index contributed by atoms with van der Waals surface area (Å²) >= 11 is 12.3. The highest BCUT2D eigenvalue weighted by atomic mass is 35.5. The molecule has 148 valence electrons. The van der Waals surface area contributed by atoms with Crippen molar-refractivity contribution in [2.45, 2.75) is 44.2 Å². The molecule has 1 saturated carbocycles. The Balaban J connectivity index is 2.01. The molecule has 1 heterocycles. The molecule has 0 bridgehead atoms. The monoisotopic (exact) mass is 415 g/mol. The molecule has 27 heavy (non-hydrogen) atoms. The zero-order valence-electron chi connectivity index (χ0n) is 15.3. The first-order chi connectivity index (χ1) is 12.9. The van der Waals surface area contributed by atoms with Gasteiger partial charge in [-0.3, -0.25) is 4.79 Å². The van der Waals surface area contributed by atoms with Crippen LogP contribution in [0.3, 0.4) is 0 Å². The minimum atomic E-state index is -0.943. The lowest BCUT2D eigenvalue weighted by Crippen LogP contribution is -2.51. The number of hydrogen-bond acceptors (Lipinski definition) is 5. The third-order valence-electron chi connectivity index (χ3n) is 5.23. The van der Waals surface area contributed by atoms with Gasteiger partial charge in [0.25, 0.3) is 5.91 Å². The molecule has 1 aromatic carbocycles. The summed E-state index contributed by atoms with van der Waals surface area (Å²) in [7, 11) is 1.67. The summed E-state index contributed by atoms with van der Waals surface area (Å²) in [6.45, 7) is 2.21. The van der Waals surface area contributed by atoms with Gasteiger partial charge in [0.15, 0.2) is 6.79 Å². The molecule has 1 aliphatic carbocycles. The molecule has 1 aromatic rings. The molecule has 0 atom stereocenters. The summed E-state index contributed by atoms with van der Waals surface area (Å²) in [5, 5.41) is 13.1. The lowest BCUT2D eigenvalue weighted by Gasteiger charge is -2.41. The number of ether oxygens (including phenoxy) is 2. The van der Waals surface area contributed by atoms with E-state index in [2.05, 4.69) is 0 Å². The van der Waals surface area contributed by atoms with Gasteiger partial charge in [-0.2, -0.15) is 0 Å². The SMILES string of the molecule is CCOCON1C(=O)C(c2ccc(Cl)cc2Cl)=C(O)C12CCC(OC)CC2. The van der Waals surface area contributed by atoms with Gasteiger partial charge in [-0.05, 0) is 44.7 Å². The Hall–Kier alpha value is -1.31. The summed E-state index contributed by atoms with van der Waals surface area (Å²) in [6.07, 6.45) is 2.53. The number of carbonyl (C=O) groups excluding carboxylic acids is 1. The summed E-state index contributed by atoms with van der Waals surface area (Å²) in [5.41, 5.74) is -0.370. The number of hydroxylamine groups is 2. The van der Waals surface area contributed by atoms with Gasteiger partial charge in [0.2, 0.25) is 0 Å². The minimum Gasteiger partial charge on any atom is -0.509 e. The predicted octanol–water partition coefficient (Wildman–Crippen LogP) is 4.36. The Labute approximate surface area is 168 Å². The molecule has 0 aromatic heterocycles. The van der Waals surface area contributed by atoms with Gasteiger partial charge in [0.05, 0.1) is 16.7 Å². The fraction of sp³-hybridized carbons (Fsp3) is 0.526. The van der Waals surface area contributed by atoms with Crippen molar-refractivity contribution in [3.05, 3.63) is 39.6 Å². The first-order valence-corrected chi connectivity index (χ1v) is 9.67. The number of nitrogens with zero attached hydrogens (tertiary/aromatic N) is 1. The summed E-state index contributed by atoms with van der Waals surface area (Å²) in [4.78, 5) is 18.8. The second-order valence-corrected chi connectivity index (χ2v) is 7.50. The number of carbonyl (C=O) groups is 1.